The molecule has 0 radical (unpaired) electrons. The smallest absolute Gasteiger partial charge is 0.323 e. The van der Waals surface area contributed by atoms with E-state index in [1.165, 1.54) is 12.1 Å². The molecule has 0 saturated heterocycles. The van der Waals surface area contributed by atoms with Crippen LogP contribution in [0.5, 0.6) is 5.75 Å². The summed E-state index contributed by atoms with van der Waals surface area (Å²) in [5, 5.41) is 22.5. The molecule has 0 heterocycles. The number of ether oxygens (including phenoxy) is 1. The Morgan fingerprint density at radius 1 is 1.52 bits per heavy atom. The van der Waals surface area contributed by atoms with Crippen LogP contribution in [0.15, 0.2) is 18.2 Å². The number of nitrogens with one attached hydrogen (secondary N) is 1. The first-order valence-corrected chi connectivity index (χ1v) is 6.60. The van der Waals surface area contributed by atoms with Crippen LogP contribution in [0, 0.1) is 17.0 Å². The van der Waals surface area contributed by atoms with Gasteiger partial charge >= 0.3 is 5.97 Å². The van der Waals surface area contributed by atoms with Gasteiger partial charge in [-0.3, -0.25) is 14.9 Å². The van der Waals surface area contributed by atoms with Crippen LogP contribution in [0.3, 0.4) is 0 Å². The fourth-order valence-corrected chi connectivity index (χ4v) is 1.86. The van der Waals surface area contributed by atoms with Gasteiger partial charge in [-0.05, 0) is 45.4 Å². The summed E-state index contributed by atoms with van der Waals surface area (Å²) in [7, 11) is 1.61. The number of carboxylic acids is 1. The SMILES string of the molecule is CNC(C)(CCCOc1ccc([N+](=O)[O-])cc1C)C(=O)O. The van der Waals surface area contributed by atoms with Gasteiger partial charge in [0.2, 0.25) is 0 Å². The third kappa shape index (κ3) is 4.42. The summed E-state index contributed by atoms with van der Waals surface area (Å²) in [6.07, 6.45) is 0.977. The first-order chi connectivity index (χ1) is 9.80. The molecule has 0 bridgehead atoms. The zero-order valence-corrected chi connectivity index (χ0v) is 12.4. The van der Waals surface area contributed by atoms with Crippen LogP contribution in [0.25, 0.3) is 0 Å². The van der Waals surface area contributed by atoms with Crippen molar-refractivity contribution in [3.05, 3.63) is 33.9 Å². The molecule has 1 aromatic rings. The topological polar surface area (TPSA) is 102 Å². The van der Waals surface area contributed by atoms with Crippen molar-refractivity contribution in [1.82, 2.24) is 5.32 Å². The molecular weight excluding hydrogens is 276 g/mol. The molecule has 0 saturated carbocycles. The maximum atomic E-state index is 11.1. The fraction of sp³-hybridized carbons (Fsp3) is 0.500. The third-order valence-corrected chi connectivity index (χ3v) is 3.47. The van der Waals surface area contributed by atoms with Crippen LogP contribution in [-0.4, -0.2) is 35.2 Å². The van der Waals surface area contributed by atoms with Gasteiger partial charge in [0, 0.05) is 12.1 Å². The van der Waals surface area contributed by atoms with Crippen molar-refractivity contribution < 1.29 is 19.6 Å². The van der Waals surface area contributed by atoms with E-state index in [-0.39, 0.29) is 5.69 Å². The molecule has 2 N–H and O–H groups in total. The summed E-state index contributed by atoms with van der Waals surface area (Å²) in [4.78, 5) is 21.3. The molecule has 0 aliphatic carbocycles. The van der Waals surface area contributed by atoms with E-state index in [1.807, 2.05) is 0 Å². The number of benzene rings is 1. The highest BCUT2D eigenvalue weighted by atomic mass is 16.6. The standard InChI is InChI=1S/C14H20N2O5/c1-10-9-11(16(19)20)5-6-12(10)21-8-4-7-14(2,15-3)13(17)18/h5-6,9,15H,4,7-8H2,1-3H3,(H,17,18). The van der Waals surface area contributed by atoms with Crippen LogP contribution in [-0.2, 0) is 4.79 Å². The van der Waals surface area contributed by atoms with Gasteiger partial charge in [-0.1, -0.05) is 0 Å². The summed E-state index contributed by atoms with van der Waals surface area (Å²) >= 11 is 0. The number of carbonyl (C=O) groups is 1. The molecule has 1 atom stereocenters. The number of likely N-dealkylation sites (N-methyl/N-ethyl adjacent to an activating group) is 1. The summed E-state index contributed by atoms with van der Waals surface area (Å²) in [5.41, 5.74) is -0.277. The Balaban J connectivity index is 2.53. The lowest BCUT2D eigenvalue weighted by Crippen LogP contribution is -2.47. The number of hydrogen-bond donors (Lipinski definition) is 2. The second kappa shape index (κ2) is 7.03. The molecule has 116 valence electrons. The molecule has 21 heavy (non-hydrogen) atoms. The highest BCUT2D eigenvalue weighted by molar-refractivity contribution is 5.78. The van der Waals surface area contributed by atoms with Gasteiger partial charge in [0.1, 0.15) is 11.3 Å². The predicted octanol–water partition coefficient (Wildman–Crippen LogP) is 2.12. The van der Waals surface area contributed by atoms with Gasteiger partial charge in [0.05, 0.1) is 11.5 Å². The fourth-order valence-electron chi connectivity index (χ4n) is 1.86. The molecule has 0 fully saturated rings. The third-order valence-electron chi connectivity index (χ3n) is 3.47. The van der Waals surface area contributed by atoms with Crippen molar-refractivity contribution in [3.8, 4) is 5.75 Å². The first kappa shape index (κ1) is 16.9. The lowest BCUT2D eigenvalue weighted by molar-refractivity contribution is -0.384. The van der Waals surface area contributed by atoms with Crippen molar-refractivity contribution >= 4 is 11.7 Å². The van der Waals surface area contributed by atoms with Gasteiger partial charge in [0.15, 0.2) is 0 Å². The van der Waals surface area contributed by atoms with E-state index in [0.29, 0.717) is 30.8 Å². The zero-order valence-electron chi connectivity index (χ0n) is 12.4. The lowest BCUT2D eigenvalue weighted by Gasteiger charge is -2.24. The van der Waals surface area contributed by atoms with Crippen molar-refractivity contribution in [2.75, 3.05) is 13.7 Å². The van der Waals surface area contributed by atoms with E-state index < -0.39 is 16.4 Å². The van der Waals surface area contributed by atoms with Crippen LogP contribution in [0.1, 0.15) is 25.3 Å². The maximum Gasteiger partial charge on any atom is 0.323 e. The van der Waals surface area contributed by atoms with Crippen molar-refractivity contribution in [3.63, 3.8) is 0 Å². The quantitative estimate of drug-likeness (QED) is 0.433. The van der Waals surface area contributed by atoms with Crippen molar-refractivity contribution in [1.29, 1.82) is 0 Å². The summed E-state index contributed by atoms with van der Waals surface area (Å²) in [5.74, 6) is -0.335. The number of nitrogens with zero attached hydrogens (tertiary/aromatic N) is 1. The van der Waals surface area contributed by atoms with Gasteiger partial charge in [-0.15, -0.1) is 0 Å². The van der Waals surface area contributed by atoms with E-state index >= 15 is 0 Å². The number of hydrogen-bond acceptors (Lipinski definition) is 5. The molecule has 0 aliphatic rings. The largest absolute Gasteiger partial charge is 0.493 e. The van der Waals surface area contributed by atoms with E-state index in [9.17, 15) is 14.9 Å². The molecule has 7 nitrogen and oxygen atoms in total. The molecule has 1 unspecified atom stereocenters. The number of carboxylic acid groups (broad SMARTS) is 1. The summed E-state index contributed by atoms with van der Waals surface area (Å²) in [6.45, 7) is 3.70. The predicted molar refractivity (Wildman–Crippen MR) is 77.7 cm³/mol. The molecule has 0 amide bonds. The van der Waals surface area contributed by atoms with E-state index in [1.54, 1.807) is 27.0 Å². The van der Waals surface area contributed by atoms with Crippen LogP contribution in [0.4, 0.5) is 5.69 Å². The minimum absolute atomic E-state index is 0.0217. The van der Waals surface area contributed by atoms with Crippen LogP contribution in [0.2, 0.25) is 0 Å². The van der Waals surface area contributed by atoms with Gasteiger partial charge in [-0.2, -0.15) is 0 Å². The zero-order chi connectivity index (χ0) is 16.0. The number of rotatable bonds is 8. The van der Waals surface area contributed by atoms with E-state index in [2.05, 4.69) is 5.32 Å². The summed E-state index contributed by atoms with van der Waals surface area (Å²) < 4.78 is 5.55. The molecule has 1 aromatic carbocycles. The number of nitro benzene ring substituents is 1. The molecule has 7 heteroatoms. The van der Waals surface area contributed by atoms with Gasteiger partial charge in [-0.25, -0.2) is 0 Å². The average molecular weight is 296 g/mol. The molecular formula is C14H20N2O5. The second-order valence-electron chi connectivity index (χ2n) is 5.05. The van der Waals surface area contributed by atoms with Crippen molar-refractivity contribution in [2.45, 2.75) is 32.2 Å². The van der Waals surface area contributed by atoms with E-state index in [0.717, 1.165) is 0 Å². The lowest BCUT2D eigenvalue weighted by atomic mass is 9.96. The van der Waals surface area contributed by atoms with Crippen LogP contribution < -0.4 is 10.1 Å². The molecule has 1 rings (SSSR count). The molecule has 0 aliphatic heterocycles. The number of aryl methyl sites for hydroxylation is 1. The maximum absolute atomic E-state index is 11.1. The molecule has 0 aromatic heterocycles. The minimum Gasteiger partial charge on any atom is -0.493 e. The Kier molecular flexibility index (Phi) is 5.66. The van der Waals surface area contributed by atoms with Crippen molar-refractivity contribution in [2.24, 2.45) is 0 Å². The minimum atomic E-state index is -0.978. The number of non-ortho nitro benzene ring substituents is 1. The first-order valence-electron chi connectivity index (χ1n) is 6.60. The normalized spacial score (nSPS) is 13.5. The Labute approximate surface area is 123 Å². The monoisotopic (exact) mass is 296 g/mol. The number of nitro groups is 1. The Hall–Kier alpha value is -2.15. The van der Waals surface area contributed by atoms with Crippen LogP contribution >= 0.6 is 0 Å². The average Bonchev–Trinajstić information content (AvgIpc) is 2.44. The number of aliphatic carboxylic acids is 1. The van der Waals surface area contributed by atoms with E-state index in [4.69, 9.17) is 9.84 Å². The Bertz CT molecular complexity index is 532. The Morgan fingerprint density at radius 3 is 2.67 bits per heavy atom. The second-order valence-corrected chi connectivity index (χ2v) is 5.05. The van der Waals surface area contributed by atoms with Gasteiger partial charge < -0.3 is 15.2 Å². The summed E-state index contributed by atoms with van der Waals surface area (Å²) in [6, 6.07) is 4.39. The Morgan fingerprint density at radius 2 is 2.19 bits per heavy atom. The molecule has 0 spiro atoms. The highest BCUT2D eigenvalue weighted by Crippen LogP contribution is 2.23. The van der Waals surface area contributed by atoms with Gasteiger partial charge in [0.25, 0.3) is 5.69 Å². The highest BCUT2D eigenvalue weighted by Gasteiger charge is 2.30.